The van der Waals surface area contributed by atoms with Crippen molar-refractivity contribution in [3.63, 3.8) is 0 Å². The lowest BCUT2D eigenvalue weighted by atomic mass is 10.2. The third-order valence-corrected chi connectivity index (χ3v) is 2.36. The Bertz CT molecular complexity index is 520. The zero-order chi connectivity index (χ0) is 13.0. The van der Waals surface area contributed by atoms with Crippen LogP contribution in [0.3, 0.4) is 0 Å². The second kappa shape index (κ2) is 5.58. The molecule has 0 unspecified atom stereocenters. The highest BCUT2D eigenvalue weighted by Crippen LogP contribution is 2.31. The lowest BCUT2D eigenvalue weighted by Gasteiger charge is -2.07. The van der Waals surface area contributed by atoms with Gasteiger partial charge in [-0.1, -0.05) is 29.1 Å². The molecular formula is C11H7Cl2NO3. The van der Waals surface area contributed by atoms with Gasteiger partial charge in [-0.15, -0.1) is 0 Å². The first-order chi connectivity index (χ1) is 7.95. The number of hydrogen-bond donors (Lipinski definition) is 2. The van der Waals surface area contributed by atoms with Gasteiger partial charge in [-0.3, -0.25) is 4.79 Å². The van der Waals surface area contributed by atoms with Crippen LogP contribution in [0.2, 0.25) is 10.0 Å². The summed E-state index contributed by atoms with van der Waals surface area (Å²) in [4.78, 5) is 21.9. The normalized spacial score (nSPS) is 9.12. The summed E-state index contributed by atoms with van der Waals surface area (Å²) in [7, 11) is 0. The topological polar surface area (TPSA) is 66.4 Å². The minimum absolute atomic E-state index is 0.0427. The van der Waals surface area contributed by atoms with E-state index >= 15 is 0 Å². The number of carbonyl (C=O) groups is 2. The lowest BCUT2D eigenvalue weighted by Crippen LogP contribution is -2.10. The molecule has 17 heavy (non-hydrogen) atoms. The number of rotatable bonds is 2. The zero-order valence-corrected chi connectivity index (χ0v) is 10.2. The fourth-order valence-corrected chi connectivity index (χ4v) is 1.66. The van der Waals surface area contributed by atoms with E-state index in [-0.39, 0.29) is 21.3 Å². The maximum Gasteiger partial charge on any atom is 0.335 e. The minimum Gasteiger partial charge on any atom is -0.478 e. The average molecular weight is 272 g/mol. The standard InChI is InChI=1S/C11H7Cl2NO3/c1-2-3-9(15)14-10-7(12)4-6(11(16)17)5-8(10)13/h4-5H,1H3,(H,14,15)(H,16,17). The maximum atomic E-state index is 11.2. The van der Waals surface area contributed by atoms with Gasteiger partial charge in [0.2, 0.25) is 0 Å². The smallest absolute Gasteiger partial charge is 0.335 e. The summed E-state index contributed by atoms with van der Waals surface area (Å²) in [5.41, 5.74) is 0.0886. The van der Waals surface area contributed by atoms with Gasteiger partial charge in [0.15, 0.2) is 0 Å². The van der Waals surface area contributed by atoms with Gasteiger partial charge in [0.25, 0.3) is 5.91 Å². The molecule has 0 aliphatic rings. The van der Waals surface area contributed by atoms with E-state index in [1.165, 1.54) is 19.1 Å². The molecule has 0 fully saturated rings. The largest absolute Gasteiger partial charge is 0.478 e. The number of halogens is 2. The maximum absolute atomic E-state index is 11.2. The Labute approximate surface area is 108 Å². The molecule has 1 rings (SSSR count). The van der Waals surface area contributed by atoms with E-state index in [0.717, 1.165) is 0 Å². The number of carbonyl (C=O) groups excluding carboxylic acids is 1. The summed E-state index contributed by atoms with van der Waals surface area (Å²) in [5.74, 6) is 2.94. The number of carboxylic acids is 1. The first-order valence-electron chi connectivity index (χ1n) is 4.41. The van der Waals surface area contributed by atoms with Crippen LogP contribution in [0.1, 0.15) is 17.3 Å². The van der Waals surface area contributed by atoms with E-state index in [1.807, 2.05) is 0 Å². The number of carboxylic acid groups (broad SMARTS) is 1. The Balaban J connectivity index is 3.13. The molecule has 2 N–H and O–H groups in total. The molecule has 1 amide bonds. The Morgan fingerprint density at radius 2 is 1.82 bits per heavy atom. The summed E-state index contributed by atoms with van der Waals surface area (Å²) < 4.78 is 0. The molecule has 0 aromatic heterocycles. The highest BCUT2D eigenvalue weighted by atomic mass is 35.5. The molecule has 0 saturated heterocycles. The molecule has 4 nitrogen and oxygen atoms in total. The van der Waals surface area contributed by atoms with Gasteiger partial charge in [-0.2, -0.15) is 0 Å². The van der Waals surface area contributed by atoms with Crippen LogP contribution in [0.4, 0.5) is 5.69 Å². The van der Waals surface area contributed by atoms with Gasteiger partial charge in [0, 0.05) is 0 Å². The molecular weight excluding hydrogens is 265 g/mol. The van der Waals surface area contributed by atoms with Gasteiger partial charge in [0.1, 0.15) is 0 Å². The van der Waals surface area contributed by atoms with Crippen molar-refractivity contribution in [1.82, 2.24) is 0 Å². The minimum atomic E-state index is -1.15. The fraction of sp³-hybridized carbons (Fsp3) is 0.0909. The predicted molar refractivity (Wildman–Crippen MR) is 65.5 cm³/mol. The van der Waals surface area contributed by atoms with E-state index in [4.69, 9.17) is 28.3 Å². The van der Waals surface area contributed by atoms with Crippen molar-refractivity contribution in [2.45, 2.75) is 6.92 Å². The van der Waals surface area contributed by atoms with Gasteiger partial charge >= 0.3 is 5.97 Å². The number of amides is 1. The molecule has 1 aromatic rings. The molecule has 6 heteroatoms. The molecule has 0 spiro atoms. The number of anilines is 1. The molecule has 0 atom stereocenters. The Morgan fingerprint density at radius 3 is 2.24 bits per heavy atom. The van der Waals surface area contributed by atoms with Crippen LogP contribution < -0.4 is 5.32 Å². The van der Waals surface area contributed by atoms with Crippen molar-refractivity contribution in [3.8, 4) is 11.8 Å². The number of hydrogen-bond acceptors (Lipinski definition) is 2. The van der Waals surface area contributed by atoms with Crippen molar-refractivity contribution in [2.24, 2.45) is 0 Å². The number of benzene rings is 1. The van der Waals surface area contributed by atoms with Crippen molar-refractivity contribution in [3.05, 3.63) is 27.7 Å². The summed E-state index contributed by atoms with van der Waals surface area (Å²) >= 11 is 11.6. The lowest BCUT2D eigenvalue weighted by molar-refractivity contribution is -0.111. The van der Waals surface area contributed by atoms with E-state index in [1.54, 1.807) is 0 Å². The van der Waals surface area contributed by atoms with Crippen LogP contribution >= 0.6 is 23.2 Å². The first-order valence-corrected chi connectivity index (χ1v) is 5.17. The average Bonchev–Trinajstić information content (AvgIpc) is 2.23. The van der Waals surface area contributed by atoms with E-state index < -0.39 is 11.9 Å². The van der Waals surface area contributed by atoms with Crippen LogP contribution in [0.15, 0.2) is 12.1 Å². The highest BCUT2D eigenvalue weighted by molar-refractivity contribution is 6.40. The molecule has 0 aliphatic heterocycles. The quantitative estimate of drug-likeness (QED) is 0.813. The predicted octanol–water partition coefficient (Wildman–Crippen LogP) is 2.65. The van der Waals surface area contributed by atoms with Gasteiger partial charge in [-0.25, -0.2) is 4.79 Å². The molecule has 88 valence electrons. The van der Waals surface area contributed by atoms with Gasteiger partial charge < -0.3 is 10.4 Å². The summed E-state index contributed by atoms with van der Waals surface area (Å²) in [6.45, 7) is 1.51. The molecule has 0 bridgehead atoms. The monoisotopic (exact) mass is 271 g/mol. The van der Waals surface area contributed by atoms with Crippen LogP contribution in [0.5, 0.6) is 0 Å². The molecule has 0 aliphatic carbocycles. The van der Waals surface area contributed by atoms with Gasteiger partial charge in [-0.05, 0) is 25.0 Å². The first kappa shape index (κ1) is 13.4. The summed E-state index contributed by atoms with van der Waals surface area (Å²) in [6, 6.07) is 2.40. The Morgan fingerprint density at radius 1 is 1.29 bits per heavy atom. The van der Waals surface area contributed by atoms with Crippen LogP contribution in [0.25, 0.3) is 0 Å². The van der Waals surface area contributed by atoms with Crippen molar-refractivity contribution < 1.29 is 14.7 Å². The van der Waals surface area contributed by atoms with Crippen LogP contribution in [-0.2, 0) is 4.79 Å². The van der Waals surface area contributed by atoms with Gasteiger partial charge in [0.05, 0.1) is 21.3 Å². The number of nitrogens with one attached hydrogen (secondary N) is 1. The fourth-order valence-electron chi connectivity index (χ4n) is 1.07. The molecule has 1 aromatic carbocycles. The second-order valence-electron chi connectivity index (χ2n) is 2.95. The van der Waals surface area contributed by atoms with Crippen LogP contribution in [0, 0.1) is 11.8 Å². The van der Waals surface area contributed by atoms with Crippen molar-refractivity contribution in [1.29, 1.82) is 0 Å². The number of aromatic carboxylic acids is 1. The highest BCUT2D eigenvalue weighted by Gasteiger charge is 2.13. The van der Waals surface area contributed by atoms with E-state index in [0.29, 0.717) is 0 Å². The third-order valence-electron chi connectivity index (χ3n) is 1.77. The molecule has 0 saturated carbocycles. The second-order valence-corrected chi connectivity index (χ2v) is 3.76. The van der Waals surface area contributed by atoms with E-state index in [2.05, 4.69) is 17.2 Å². The SMILES string of the molecule is CC#CC(=O)Nc1c(Cl)cc(C(=O)O)cc1Cl. The Kier molecular flexibility index (Phi) is 4.38. The molecule has 0 radical (unpaired) electrons. The van der Waals surface area contributed by atoms with Crippen molar-refractivity contribution >= 4 is 40.8 Å². The summed E-state index contributed by atoms with van der Waals surface area (Å²) in [6.07, 6.45) is 0. The molecule has 0 heterocycles. The Hall–Kier alpha value is -1.70. The van der Waals surface area contributed by atoms with Crippen LogP contribution in [-0.4, -0.2) is 17.0 Å². The van der Waals surface area contributed by atoms with Crippen molar-refractivity contribution in [2.75, 3.05) is 5.32 Å². The third kappa shape index (κ3) is 3.38. The summed E-state index contributed by atoms with van der Waals surface area (Å²) in [5, 5.41) is 11.2. The zero-order valence-electron chi connectivity index (χ0n) is 8.67. The van der Waals surface area contributed by atoms with E-state index in [9.17, 15) is 9.59 Å².